The van der Waals surface area contributed by atoms with Crippen molar-refractivity contribution >= 4 is 29.3 Å². The Hall–Kier alpha value is -1.75. The van der Waals surface area contributed by atoms with E-state index in [0.717, 1.165) is 18.4 Å². The second kappa shape index (κ2) is 8.03. The van der Waals surface area contributed by atoms with E-state index in [2.05, 4.69) is 0 Å². The van der Waals surface area contributed by atoms with E-state index in [0.29, 0.717) is 17.3 Å². The second-order valence-electron chi connectivity index (χ2n) is 5.38. The fourth-order valence-electron chi connectivity index (χ4n) is 2.41. The molecular formula is C16H25ClN4O. The van der Waals surface area contributed by atoms with E-state index in [-0.39, 0.29) is 18.0 Å². The normalized spacial score (nSPS) is 10.6. The monoisotopic (exact) mass is 324 g/mol. The molecule has 0 aliphatic carbocycles. The molecule has 122 valence electrons. The van der Waals surface area contributed by atoms with Crippen LogP contribution < -0.4 is 10.6 Å². The summed E-state index contributed by atoms with van der Waals surface area (Å²) in [4.78, 5) is 15.8. The number of guanidine groups is 1. The Bertz CT molecular complexity index is 545. The van der Waals surface area contributed by atoms with Crippen LogP contribution in [0.2, 0.25) is 5.02 Å². The van der Waals surface area contributed by atoms with Gasteiger partial charge in [-0.25, -0.2) is 4.79 Å². The number of amides is 2. The molecule has 5 nitrogen and oxygen atoms in total. The molecule has 6 heteroatoms. The van der Waals surface area contributed by atoms with Crippen molar-refractivity contribution in [2.75, 3.05) is 11.4 Å². The lowest BCUT2D eigenvalue weighted by molar-refractivity contribution is 0.218. The van der Waals surface area contributed by atoms with E-state index < -0.39 is 0 Å². The maximum atomic E-state index is 12.9. The molecule has 0 fully saturated rings. The molecule has 0 aliphatic heterocycles. The second-order valence-corrected chi connectivity index (χ2v) is 5.79. The average molecular weight is 325 g/mol. The van der Waals surface area contributed by atoms with Crippen LogP contribution in [0.25, 0.3) is 0 Å². The van der Waals surface area contributed by atoms with Gasteiger partial charge in [0.15, 0.2) is 5.96 Å². The molecule has 0 bridgehead atoms. The molecule has 3 N–H and O–H groups in total. The van der Waals surface area contributed by atoms with Crippen molar-refractivity contribution in [3.05, 3.63) is 28.8 Å². The van der Waals surface area contributed by atoms with Gasteiger partial charge in [0, 0.05) is 12.6 Å². The van der Waals surface area contributed by atoms with E-state index in [9.17, 15) is 4.79 Å². The molecule has 0 saturated carbocycles. The van der Waals surface area contributed by atoms with E-state index in [4.69, 9.17) is 22.7 Å². The highest BCUT2D eigenvalue weighted by atomic mass is 35.5. The van der Waals surface area contributed by atoms with Crippen LogP contribution in [0.3, 0.4) is 0 Å². The van der Waals surface area contributed by atoms with Crippen LogP contribution in [0, 0.1) is 5.41 Å². The first-order chi connectivity index (χ1) is 10.3. The summed E-state index contributed by atoms with van der Waals surface area (Å²) in [7, 11) is 0. The van der Waals surface area contributed by atoms with Gasteiger partial charge in [0.05, 0.1) is 10.7 Å². The minimum atomic E-state index is -0.313. The maximum Gasteiger partial charge on any atom is 0.331 e. The largest absolute Gasteiger partial charge is 0.370 e. The van der Waals surface area contributed by atoms with Gasteiger partial charge in [0.2, 0.25) is 0 Å². The van der Waals surface area contributed by atoms with Crippen LogP contribution >= 0.6 is 11.6 Å². The number of para-hydroxylation sites is 1. The standard InChI is InChI=1S/C16H25ClN4O/c1-5-10-20(16(22)21(11(3)4)15(18)19)14-12(6-2)8-7-9-13(14)17/h7-9,11H,5-6,10H2,1-4H3,(H3,18,19). The Morgan fingerprint density at radius 1 is 1.36 bits per heavy atom. The van der Waals surface area contributed by atoms with Crippen molar-refractivity contribution < 1.29 is 4.79 Å². The van der Waals surface area contributed by atoms with Crippen LogP contribution in [-0.2, 0) is 6.42 Å². The molecule has 0 aliphatic rings. The highest BCUT2D eigenvalue weighted by Crippen LogP contribution is 2.31. The van der Waals surface area contributed by atoms with Gasteiger partial charge in [-0.15, -0.1) is 0 Å². The lowest BCUT2D eigenvalue weighted by Gasteiger charge is -2.33. The molecule has 1 rings (SSSR count). The predicted octanol–water partition coefficient (Wildman–Crippen LogP) is 3.84. The zero-order valence-electron chi connectivity index (χ0n) is 13.7. The van der Waals surface area contributed by atoms with Crippen LogP contribution in [-0.4, -0.2) is 29.5 Å². The van der Waals surface area contributed by atoms with Gasteiger partial charge in [0.1, 0.15) is 0 Å². The summed E-state index contributed by atoms with van der Waals surface area (Å²) < 4.78 is 0. The summed E-state index contributed by atoms with van der Waals surface area (Å²) in [6, 6.07) is 5.11. The maximum absolute atomic E-state index is 12.9. The molecule has 0 unspecified atom stereocenters. The molecule has 1 aromatic rings. The topological polar surface area (TPSA) is 73.4 Å². The van der Waals surface area contributed by atoms with Crippen molar-refractivity contribution in [2.24, 2.45) is 5.73 Å². The van der Waals surface area contributed by atoms with Crippen LogP contribution in [0.1, 0.15) is 39.7 Å². The molecular weight excluding hydrogens is 300 g/mol. The lowest BCUT2D eigenvalue weighted by atomic mass is 10.1. The number of halogens is 1. The SMILES string of the molecule is CCCN(C(=O)N(C(=N)N)C(C)C)c1c(Cl)cccc1CC. The molecule has 22 heavy (non-hydrogen) atoms. The summed E-state index contributed by atoms with van der Waals surface area (Å²) >= 11 is 6.35. The third-order valence-electron chi connectivity index (χ3n) is 3.38. The van der Waals surface area contributed by atoms with E-state index >= 15 is 0 Å². The molecule has 1 aromatic carbocycles. The van der Waals surface area contributed by atoms with Crippen LogP contribution in [0.15, 0.2) is 18.2 Å². The quantitative estimate of drug-likeness (QED) is 0.638. The molecule has 0 saturated heterocycles. The zero-order valence-corrected chi connectivity index (χ0v) is 14.4. The summed E-state index contributed by atoms with van der Waals surface area (Å²) in [6.45, 7) is 8.20. The van der Waals surface area contributed by atoms with Crippen molar-refractivity contribution in [1.29, 1.82) is 5.41 Å². The Morgan fingerprint density at radius 3 is 2.45 bits per heavy atom. The third-order valence-corrected chi connectivity index (χ3v) is 3.69. The summed E-state index contributed by atoms with van der Waals surface area (Å²) in [6.07, 6.45) is 1.55. The first kappa shape index (κ1) is 18.3. The van der Waals surface area contributed by atoms with Crippen molar-refractivity contribution in [1.82, 2.24) is 4.90 Å². The smallest absolute Gasteiger partial charge is 0.331 e. The Kier molecular flexibility index (Phi) is 6.68. The highest BCUT2D eigenvalue weighted by Gasteiger charge is 2.28. The van der Waals surface area contributed by atoms with Crippen molar-refractivity contribution in [3.63, 3.8) is 0 Å². The van der Waals surface area contributed by atoms with Crippen LogP contribution in [0.5, 0.6) is 0 Å². The molecule has 0 spiro atoms. The number of hydrogen-bond donors (Lipinski definition) is 2. The Morgan fingerprint density at radius 2 is 2.00 bits per heavy atom. The average Bonchev–Trinajstić information content (AvgIpc) is 2.44. The highest BCUT2D eigenvalue weighted by molar-refractivity contribution is 6.34. The van der Waals surface area contributed by atoms with Crippen molar-refractivity contribution in [3.8, 4) is 0 Å². The number of hydrogen-bond acceptors (Lipinski definition) is 2. The first-order valence-corrected chi connectivity index (χ1v) is 7.95. The fourth-order valence-corrected chi connectivity index (χ4v) is 2.70. The number of carbonyl (C=O) groups excluding carboxylic acids is 1. The number of benzene rings is 1. The van der Waals surface area contributed by atoms with Gasteiger partial charge in [-0.05, 0) is 38.3 Å². The molecule has 2 amide bonds. The van der Waals surface area contributed by atoms with E-state index in [1.165, 1.54) is 4.90 Å². The van der Waals surface area contributed by atoms with Gasteiger partial charge in [0.25, 0.3) is 0 Å². The summed E-state index contributed by atoms with van der Waals surface area (Å²) in [5.41, 5.74) is 7.30. The number of aryl methyl sites for hydroxylation is 1. The Balaban J connectivity index is 3.35. The minimum Gasteiger partial charge on any atom is -0.370 e. The van der Waals surface area contributed by atoms with Crippen molar-refractivity contribution in [2.45, 2.75) is 46.6 Å². The zero-order chi connectivity index (χ0) is 16.9. The number of nitrogens with two attached hydrogens (primary N) is 1. The van der Waals surface area contributed by atoms with Gasteiger partial charge < -0.3 is 5.73 Å². The predicted molar refractivity (Wildman–Crippen MR) is 92.8 cm³/mol. The number of nitrogens with zero attached hydrogens (tertiary/aromatic N) is 2. The van der Waals surface area contributed by atoms with E-state index in [1.807, 2.05) is 39.8 Å². The Labute approximate surface area is 137 Å². The van der Waals surface area contributed by atoms with Crippen LogP contribution in [0.4, 0.5) is 10.5 Å². The van der Waals surface area contributed by atoms with Gasteiger partial charge >= 0.3 is 6.03 Å². The lowest BCUT2D eigenvalue weighted by Crippen LogP contribution is -2.52. The molecule has 0 heterocycles. The first-order valence-electron chi connectivity index (χ1n) is 7.57. The number of rotatable bonds is 5. The summed E-state index contributed by atoms with van der Waals surface area (Å²) in [5, 5.41) is 8.21. The number of carbonyl (C=O) groups is 1. The van der Waals surface area contributed by atoms with Gasteiger partial charge in [-0.2, -0.15) is 0 Å². The van der Waals surface area contributed by atoms with Gasteiger partial charge in [-0.3, -0.25) is 15.2 Å². The molecule has 0 radical (unpaired) electrons. The molecule has 0 atom stereocenters. The minimum absolute atomic E-state index is 0.197. The number of anilines is 1. The number of urea groups is 1. The molecule has 0 aromatic heterocycles. The van der Waals surface area contributed by atoms with Gasteiger partial charge in [-0.1, -0.05) is 37.6 Å². The fraction of sp³-hybridized carbons (Fsp3) is 0.500. The number of nitrogens with one attached hydrogen (secondary N) is 1. The van der Waals surface area contributed by atoms with E-state index in [1.54, 1.807) is 11.0 Å². The summed E-state index contributed by atoms with van der Waals surface area (Å²) in [5.74, 6) is -0.258. The third kappa shape index (κ3) is 3.91.